The summed E-state index contributed by atoms with van der Waals surface area (Å²) >= 11 is 3.49. The van der Waals surface area contributed by atoms with E-state index in [0.29, 0.717) is 5.41 Å². The molecule has 2 aliphatic rings. The molecule has 0 amide bonds. The maximum Gasteiger partial charge on any atom is -0.0105 e. The van der Waals surface area contributed by atoms with Gasteiger partial charge in [-0.3, -0.25) is 0 Å². The van der Waals surface area contributed by atoms with Crippen LogP contribution in [-0.4, -0.2) is 0 Å². The van der Waals surface area contributed by atoms with Crippen LogP contribution in [0.3, 0.4) is 0 Å². The van der Waals surface area contributed by atoms with Crippen molar-refractivity contribution < 1.29 is 0 Å². The van der Waals surface area contributed by atoms with Gasteiger partial charge in [0, 0.05) is 0 Å². The van der Waals surface area contributed by atoms with Gasteiger partial charge in [-0.2, -0.15) is 0 Å². The van der Waals surface area contributed by atoms with Crippen molar-refractivity contribution in [2.75, 3.05) is 0 Å². The van der Waals surface area contributed by atoms with Gasteiger partial charge in [0.05, 0.1) is 0 Å². The van der Waals surface area contributed by atoms with Crippen molar-refractivity contribution in [3.8, 4) is 0 Å². The Bertz CT molecular complexity index is 203. The van der Waals surface area contributed by atoms with E-state index < -0.39 is 0 Å². The SMILES string of the molecule is CC1(C)/C(=C/Br)C2CCC1C2. The zero-order valence-electron chi connectivity index (χ0n) is 7.23. The average molecular weight is 215 g/mol. The lowest BCUT2D eigenvalue weighted by Crippen LogP contribution is -2.22. The van der Waals surface area contributed by atoms with Crippen molar-refractivity contribution in [3.05, 3.63) is 10.6 Å². The van der Waals surface area contributed by atoms with Gasteiger partial charge >= 0.3 is 0 Å². The van der Waals surface area contributed by atoms with Crippen molar-refractivity contribution >= 4 is 15.9 Å². The zero-order valence-corrected chi connectivity index (χ0v) is 8.82. The Morgan fingerprint density at radius 2 is 2.18 bits per heavy atom. The summed E-state index contributed by atoms with van der Waals surface area (Å²) in [6.45, 7) is 4.79. The molecule has 2 bridgehead atoms. The summed E-state index contributed by atoms with van der Waals surface area (Å²) < 4.78 is 0. The Hall–Kier alpha value is 0.220. The monoisotopic (exact) mass is 214 g/mol. The van der Waals surface area contributed by atoms with E-state index in [1.165, 1.54) is 19.3 Å². The number of halogens is 1. The highest BCUT2D eigenvalue weighted by Gasteiger charge is 2.48. The van der Waals surface area contributed by atoms with Gasteiger partial charge in [-0.15, -0.1) is 0 Å². The molecule has 0 aromatic heterocycles. The smallest absolute Gasteiger partial charge is 0.0105 e. The van der Waals surface area contributed by atoms with Crippen LogP contribution in [0.25, 0.3) is 0 Å². The molecule has 0 saturated heterocycles. The van der Waals surface area contributed by atoms with E-state index in [9.17, 15) is 0 Å². The minimum atomic E-state index is 0.492. The second kappa shape index (κ2) is 2.35. The number of fused-ring (bicyclic) bond motifs is 2. The van der Waals surface area contributed by atoms with Crippen LogP contribution in [0.4, 0.5) is 0 Å². The van der Waals surface area contributed by atoms with E-state index in [1.807, 2.05) is 0 Å². The van der Waals surface area contributed by atoms with Crippen LogP contribution >= 0.6 is 15.9 Å². The highest BCUT2D eigenvalue weighted by Crippen LogP contribution is 2.59. The molecule has 2 rings (SSSR count). The van der Waals surface area contributed by atoms with Crippen LogP contribution in [0.5, 0.6) is 0 Å². The zero-order chi connectivity index (χ0) is 8.06. The summed E-state index contributed by atoms with van der Waals surface area (Å²) in [5, 5.41) is 0. The number of hydrogen-bond donors (Lipinski definition) is 0. The van der Waals surface area contributed by atoms with E-state index in [4.69, 9.17) is 0 Å². The predicted octanol–water partition coefficient (Wildman–Crippen LogP) is 3.72. The van der Waals surface area contributed by atoms with Crippen LogP contribution in [0.1, 0.15) is 33.1 Å². The number of hydrogen-bond acceptors (Lipinski definition) is 0. The first-order valence-electron chi connectivity index (χ1n) is 4.47. The fourth-order valence-electron chi connectivity index (χ4n) is 2.91. The van der Waals surface area contributed by atoms with Crippen LogP contribution < -0.4 is 0 Å². The molecule has 0 radical (unpaired) electrons. The Balaban J connectivity index is 2.36. The van der Waals surface area contributed by atoms with Gasteiger partial charge in [0.2, 0.25) is 0 Å². The second-order valence-electron chi connectivity index (χ2n) is 4.49. The van der Waals surface area contributed by atoms with Gasteiger partial charge in [0.25, 0.3) is 0 Å². The molecule has 0 aliphatic heterocycles. The first-order valence-corrected chi connectivity index (χ1v) is 5.38. The van der Waals surface area contributed by atoms with Gasteiger partial charge < -0.3 is 0 Å². The Morgan fingerprint density at radius 3 is 2.55 bits per heavy atom. The molecule has 2 saturated carbocycles. The molecule has 0 N–H and O–H groups in total. The number of allylic oxidation sites excluding steroid dienone is 1. The van der Waals surface area contributed by atoms with Gasteiger partial charge in [-0.05, 0) is 41.5 Å². The molecule has 11 heavy (non-hydrogen) atoms. The average Bonchev–Trinajstić information content (AvgIpc) is 2.44. The lowest BCUT2D eigenvalue weighted by Gasteiger charge is -2.32. The predicted molar refractivity (Wildman–Crippen MR) is 51.6 cm³/mol. The first kappa shape index (κ1) is 7.85. The summed E-state index contributed by atoms with van der Waals surface area (Å²) in [5.74, 6) is 1.88. The van der Waals surface area contributed by atoms with Gasteiger partial charge in [-0.1, -0.05) is 35.4 Å². The lowest BCUT2D eigenvalue weighted by atomic mass is 9.73. The molecule has 0 aromatic carbocycles. The Labute approximate surface area is 77.2 Å². The fourth-order valence-corrected chi connectivity index (χ4v) is 3.87. The minimum absolute atomic E-state index is 0.492. The Kier molecular flexibility index (Phi) is 1.68. The quantitative estimate of drug-likeness (QED) is 0.577. The molecule has 2 atom stereocenters. The van der Waals surface area contributed by atoms with E-state index in [0.717, 1.165) is 11.8 Å². The molecule has 2 fully saturated rings. The third-order valence-corrected chi connectivity index (χ3v) is 4.25. The maximum absolute atomic E-state index is 3.49. The molecular weight excluding hydrogens is 200 g/mol. The summed E-state index contributed by atoms with van der Waals surface area (Å²) in [5.41, 5.74) is 2.15. The van der Waals surface area contributed by atoms with Crippen molar-refractivity contribution in [1.82, 2.24) is 0 Å². The molecule has 0 nitrogen and oxygen atoms in total. The minimum Gasteiger partial charge on any atom is -0.0595 e. The standard InChI is InChI=1S/C10H15Br/c1-10(2)8-4-3-7(5-8)9(10)6-11/h6-8H,3-5H2,1-2H3/b9-6+. The normalized spacial score (nSPS) is 43.7. The summed E-state index contributed by atoms with van der Waals surface area (Å²) in [7, 11) is 0. The molecule has 2 aliphatic carbocycles. The summed E-state index contributed by atoms with van der Waals surface area (Å²) in [4.78, 5) is 2.18. The molecule has 0 spiro atoms. The van der Waals surface area contributed by atoms with Crippen molar-refractivity contribution in [3.63, 3.8) is 0 Å². The van der Waals surface area contributed by atoms with Crippen molar-refractivity contribution in [1.29, 1.82) is 0 Å². The van der Waals surface area contributed by atoms with Gasteiger partial charge in [0.15, 0.2) is 0 Å². The summed E-state index contributed by atoms with van der Waals surface area (Å²) in [6.07, 6.45) is 4.35. The fraction of sp³-hybridized carbons (Fsp3) is 0.800. The highest BCUT2D eigenvalue weighted by molar-refractivity contribution is 9.11. The molecule has 1 heteroatoms. The third-order valence-electron chi connectivity index (χ3n) is 3.75. The third kappa shape index (κ3) is 0.932. The largest absolute Gasteiger partial charge is 0.0595 e. The van der Waals surface area contributed by atoms with Crippen LogP contribution in [-0.2, 0) is 0 Å². The van der Waals surface area contributed by atoms with E-state index in [2.05, 4.69) is 34.8 Å². The molecule has 0 heterocycles. The molecular formula is C10H15Br. The van der Waals surface area contributed by atoms with Crippen molar-refractivity contribution in [2.45, 2.75) is 33.1 Å². The van der Waals surface area contributed by atoms with Crippen LogP contribution in [0, 0.1) is 17.3 Å². The molecule has 2 unspecified atom stereocenters. The van der Waals surface area contributed by atoms with Gasteiger partial charge in [-0.25, -0.2) is 0 Å². The topological polar surface area (TPSA) is 0 Å². The first-order chi connectivity index (χ1) is 5.16. The number of rotatable bonds is 0. The van der Waals surface area contributed by atoms with Crippen molar-refractivity contribution in [2.24, 2.45) is 17.3 Å². The molecule has 0 aromatic rings. The molecule has 62 valence electrons. The van der Waals surface area contributed by atoms with E-state index in [-0.39, 0.29) is 0 Å². The van der Waals surface area contributed by atoms with E-state index >= 15 is 0 Å². The second-order valence-corrected chi connectivity index (χ2v) is 4.95. The van der Waals surface area contributed by atoms with Gasteiger partial charge in [0.1, 0.15) is 0 Å². The Morgan fingerprint density at radius 1 is 1.45 bits per heavy atom. The van der Waals surface area contributed by atoms with Crippen LogP contribution in [0.2, 0.25) is 0 Å². The lowest BCUT2D eigenvalue weighted by molar-refractivity contribution is 0.288. The van der Waals surface area contributed by atoms with E-state index in [1.54, 1.807) is 5.57 Å². The highest BCUT2D eigenvalue weighted by atomic mass is 79.9. The van der Waals surface area contributed by atoms with Crippen LogP contribution in [0.15, 0.2) is 10.6 Å². The summed E-state index contributed by atoms with van der Waals surface area (Å²) in [6, 6.07) is 0. The maximum atomic E-state index is 3.49.